The van der Waals surface area contributed by atoms with Gasteiger partial charge in [-0.3, -0.25) is 9.00 Å². The summed E-state index contributed by atoms with van der Waals surface area (Å²) in [6.07, 6.45) is 3.17. The van der Waals surface area contributed by atoms with Gasteiger partial charge in [-0.1, -0.05) is 25.1 Å². The molecule has 1 aromatic rings. The summed E-state index contributed by atoms with van der Waals surface area (Å²) in [7, 11) is -0.826. The zero-order valence-electron chi connectivity index (χ0n) is 11.3. The summed E-state index contributed by atoms with van der Waals surface area (Å²) < 4.78 is 11.2. The minimum absolute atomic E-state index is 0.0188. The van der Waals surface area contributed by atoms with Crippen LogP contribution < -0.4 is 10.6 Å². The summed E-state index contributed by atoms with van der Waals surface area (Å²) in [5.74, 6) is 0.0188. The van der Waals surface area contributed by atoms with Gasteiger partial charge in [-0.05, 0) is 18.1 Å². The van der Waals surface area contributed by atoms with E-state index in [2.05, 4.69) is 10.6 Å². The molecule has 1 aromatic carbocycles. The van der Waals surface area contributed by atoms with E-state index in [0.29, 0.717) is 6.54 Å². The molecule has 104 valence electrons. The predicted octanol–water partition coefficient (Wildman–Crippen LogP) is 1.30. The van der Waals surface area contributed by atoms with Crippen molar-refractivity contribution in [2.45, 2.75) is 31.1 Å². The van der Waals surface area contributed by atoms with Crippen molar-refractivity contribution >= 4 is 22.4 Å². The number of hydrogen-bond acceptors (Lipinski definition) is 3. The number of amides is 1. The summed E-state index contributed by atoms with van der Waals surface area (Å²) >= 11 is 0. The maximum Gasteiger partial charge on any atom is 0.242 e. The highest BCUT2D eigenvalue weighted by Crippen LogP contribution is 2.24. The third-order valence-corrected chi connectivity index (χ3v) is 4.87. The molecular formula is C14H20N2O2S. The summed E-state index contributed by atoms with van der Waals surface area (Å²) in [5.41, 5.74) is 2.23. The highest BCUT2D eigenvalue weighted by molar-refractivity contribution is 7.84. The Kier molecular flexibility index (Phi) is 4.58. The van der Waals surface area contributed by atoms with E-state index in [1.807, 2.05) is 31.2 Å². The number of carbonyl (C=O) groups excluding carboxylic acids is 1. The molecule has 2 N–H and O–H groups in total. The Balaban J connectivity index is 1.79. The number of para-hydroxylation sites is 1. The number of hydrogen-bond donors (Lipinski definition) is 2. The average molecular weight is 280 g/mol. The van der Waals surface area contributed by atoms with Gasteiger partial charge in [0.2, 0.25) is 5.91 Å². The fourth-order valence-electron chi connectivity index (χ4n) is 2.14. The van der Waals surface area contributed by atoms with Crippen LogP contribution in [0, 0.1) is 0 Å². The molecule has 0 bridgehead atoms. The first kappa shape index (κ1) is 14.1. The maximum atomic E-state index is 12.0. The van der Waals surface area contributed by atoms with Gasteiger partial charge in [0.15, 0.2) is 0 Å². The Morgan fingerprint density at radius 1 is 1.53 bits per heavy atom. The summed E-state index contributed by atoms with van der Waals surface area (Å²) in [6, 6.07) is 7.80. The molecule has 1 aliphatic rings. The molecule has 1 amide bonds. The van der Waals surface area contributed by atoms with Gasteiger partial charge in [-0.15, -0.1) is 0 Å². The van der Waals surface area contributed by atoms with Gasteiger partial charge in [0.1, 0.15) is 6.04 Å². The molecule has 2 rings (SSSR count). The molecule has 1 aliphatic heterocycles. The number of carbonyl (C=O) groups is 1. The van der Waals surface area contributed by atoms with Gasteiger partial charge >= 0.3 is 0 Å². The van der Waals surface area contributed by atoms with Gasteiger partial charge < -0.3 is 10.6 Å². The second-order valence-electron chi connectivity index (χ2n) is 4.95. The van der Waals surface area contributed by atoms with Crippen LogP contribution in [0.5, 0.6) is 0 Å². The molecule has 0 spiro atoms. The highest BCUT2D eigenvalue weighted by atomic mass is 32.2. The lowest BCUT2D eigenvalue weighted by Gasteiger charge is -2.13. The fourth-order valence-corrected chi connectivity index (χ4v) is 2.59. The van der Waals surface area contributed by atoms with Gasteiger partial charge in [0.25, 0.3) is 0 Å². The highest BCUT2D eigenvalue weighted by Gasteiger charge is 2.25. The van der Waals surface area contributed by atoms with Crippen LogP contribution in [-0.4, -0.2) is 34.2 Å². The first-order chi connectivity index (χ1) is 9.08. The zero-order valence-corrected chi connectivity index (χ0v) is 12.1. The van der Waals surface area contributed by atoms with Gasteiger partial charge in [0.05, 0.1) is 0 Å². The topological polar surface area (TPSA) is 58.2 Å². The SMILES string of the molecule is CC(CCNC(=O)C1Cc2ccccc2N1)S(C)=O. The standard InChI is InChI=1S/C14H20N2O2S/c1-10(19(2)18)7-8-15-14(17)13-9-11-5-3-4-6-12(11)16-13/h3-6,10,13,16H,7-9H2,1-2H3,(H,15,17). The van der Waals surface area contributed by atoms with Crippen LogP contribution in [-0.2, 0) is 22.0 Å². The summed E-state index contributed by atoms with van der Waals surface area (Å²) in [6.45, 7) is 2.51. The van der Waals surface area contributed by atoms with Crippen molar-refractivity contribution in [2.75, 3.05) is 18.1 Å². The molecule has 0 saturated carbocycles. The van der Waals surface area contributed by atoms with Crippen LogP contribution in [0.2, 0.25) is 0 Å². The van der Waals surface area contributed by atoms with Gasteiger partial charge in [0, 0.05) is 41.0 Å². The van der Waals surface area contributed by atoms with Gasteiger partial charge in [-0.25, -0.2) is 0 Å². The molecular weight excluding hydrogens is 260 g/mol. The monoisotopic (exact) mass is 280 g/mol. The van der Waals surface area contributed by atoms with Crippen LogP contribution in [0.3, 0.4) is 0 Å². The van der Waals surface area contributed by atoms with E-state index in [4.69, 9.17) is 0 Å². The molecule has 19 heavy (non-hydrogen) atoms. The number of nitrogens with one attached hydrogen (secondary N) is 2. The molecule has 3 atom stereocenters. The van der Waals surface area contributed by atoms with E-state index in [9.17, 15) is 9.00 Å². The first-order valence-corrected chi connectivity index (χ1v) is 8.14. The van der Waals surface area contributed by atoms with E-state index >= 15 is 0 Å². The van der Waals surface area contributed by atoms with E-state index in [1.165, 1.54) is 5.56 Å². The van der Waals surface area contributed by atoms with Crippen molar-refractivity contribution < 1.29 is 9.00 Å². The van der Waals surface area contributed by atoms with Crippen LogP contribution >= 0.6 is 0 Å². The Labute approximate surface area is 116 Å². The third kappa shape index (κ3) is 3.56. The normalized spacial score (nSPS) is 20.2. The Morgan fingerprint density at radius 2 is 2.26 bits per heavy atom. The first-order valence-electron chi connectivity index (χ1n) is 6.52. The Hall–Kier alpha value is -1.36. The lowest BCUT2D eigenvalue weighted by Crippen LogP contribution is -2.39. The zero-order chi connectivity index (χ0) is 13.8. The number of benzene rings is 1. The second kappa shape index (κ2) is 6.19. The largest absolute Gasteiger partial charge is 0.373 e. The van der Waals surface area contributed by atoms with E-state index < -0.39 is 10.8 Å². The van der Waals surface area contributed by atoms with E-state index in [0.717, 1.165) is 18.5 Å². The van der Waals surface area contributed by atoms with E-state index in [-0.39, 0.29) is 17.2 Å². The van der Waals surface area contributed by atoms with Crippen LogP contribution in [0.15, 0.2) is 24.3 Å². The van der Waals surface area contributed by atoms with Crippen molar-refractivity contribution in [2.24, 2.45) is 0 Å². The third-order valence-electron chi connectivity index (χ3n) is 3.50. The molecule has 4 nitrogen and oxygen atoms in total. The van der Waals surface area contributed by atoms with Crippen LogP contribution in [0.4, 0.5) is 5.69 Å². The van der Waals surface area contributed by atoms with Crippen molar-refractivity contribution in [3.63, 3.8) is 0 Å². The predicted molar refractivity (Wildman–Crippen MR) is 78.7 cm³/mol. The quantitative estimate of drug-likeness (QED) is 0.854. The van der Waals surface area contributed by atoms with E-state index in [1.54, 1.807) is 6.26 Å². The number of fused-ring (bicyclic) bond motifs is 1. The molecule has 0 aliphatic carbocycles. The molecule has 1 heterocycles. The summed E-state index contributed by atoms with van der Waals surface area (Å²) in [5, 5.41) is 6.25. The number of rotatable bonds is 5. The summed E-state index contributed by atoms with van der Waals surface area (Å²) in [4.78, 5) is 12.0. The smallest absolute Gasteiger partial charge is 0.242 e. The maximum absolute atomic E-state index is 12.0. The second-order valence-corrected chi connectivity index (χ2v) is 6.75. The number of anilines is 1. The van der Waals surface area contributed by atoms with Crippen molar-refractivity contribution in [1.82, 2.24) is 5.32 Å². The molecule has 0 radical (unpaired) electrons. The van der Waals surface area contributed by atoms with Crippen molar-refractivity contribution in [3.8, 4) is 0 Å². The average Bonchev–Trinajstić information content (AvgIpc) is 2.82. The van der Waals surface area contributed by atoms with Gasteiger partial charge in [-0.2, -0.15) is 0 Å². The lowest BCUT2D eigenvalue weighted by molar-refractivity contribution is -0.121. The minimum atomic E-state index is -0.826. The minimum Gasteiger partial charge on any atom is -0.373 e. The Morgan fingerprint density at radius 3 is 2.95 bits per heavy atom. The van der Waals surface area contributed by atoms with Crippen molar-refractivity contribution in [3.05, 3.63) is 29.8 Å². The van der Waals surface area contributed by atoms with Crippen LogP contribution in [0.1, 0.15) is 18.9 Å². The molecule has 3 unspecified atom stereocenters. The Bertz CT molecular complexity index is 465. The lowest BCUT2D eigenvalue weighted by atomic mass is 10.1. The molecule has 0 saturated heterocycles. The molecule has 0 aromatic heterocycles. The van der Waals surface area contributed by atoms with Crippen LogP contribution in [0.25, 0.3) is 0 Å². The molecule has 0 fully saturated rings. The fraction of sp³-hybridized carbons (Fsp3) is 0.500. The molecule has 5 heteroatoms. The van der Waals surface area contributed by atoms with Crippen molar-refractivity contribution in [1.29, 1.82) is 0 Å².